The summed E-state index contributed by atoms with van der Waals surface area (Å²) in [5.41, 5.74) is 2.31. The number of benzene rings is 6. The van der Waals surface area contributed by atoms with Crippen molar-refractivity contribution >= 4 is 38.4 Å². The van der Waals surface area contributed by atoms with E-state index in [4.69, 9.17) is 14.2 Å². The van der Waals surface area contributed by atoms with E-state index in [2.05, 4.69) is 97.1 Å². The fraction of sp³-hybridized carbons (Fsp3) is 0.0857. The second-order valence-corrected chi connectivity index (χ2v) is 9.65. The Bertz CT molecular complexity index is 1800. The Morgan fingerprint density at radius 2 is 0.974 bits per heavy atom. The molecule has 0 saturated carbocycles. The summed E-state index contributed by atoms with van der Waals surface area (Å²) >= 11 is 0. The SMILES string of the molecule is COc1ccc(C2(c3ccc(OC)cc3)C=Cc3cc4c5ccccc5c5ccccc5c4cc3O2)cc1. The minimum atomic E-state index is -0.800. The van der Waals surface area contributed by atoms with Crippen molar-refractivity contribution in [1.82, 2.24) is 0 Å². The largest absolute Gasteiger partial charge is 0.497 e. The molecule has 7 rings (SSSR count). The molecule has 0 radical (unpaired) electrons. The van der Waals surface area contributed by atoms with Crippen molar-refractivity contribution in [3.05, 3.63) is 132 Å². The van der Waals surface area contributed by atoms with Crippen LogP contribution in [0.4, 0.5) is 0 Å². The number of hydrogen-bond acceptors (Lipinski definition) is 3. The van der Waals surface area contributed by atoms with Gasteiger partial charge in [0.1, 0.15) is 17.2 Å². The standard InChI is InChI=1S/C35H26O3/c1-36-26-15-11-24(12-16-26)35(25-13-17-27(37-2)18-14-25)20-19-23-21-32-30-9-5-3-7-28(30)29-8-4-6-10-31(29)33(32)22-34(23)38-35/h3-22H,1-2H3. The highest BCUT2D eigenvalue weighted by Gasteiger charge is 2.37. The highest BCUT2D eigenvalue weighted by atomic mass is 16.5. The normalized spacial score (nSPS) is 13.8. The summed E-state index contributed by atoms with van der Waals surface area (Å²) < 4.78 is 17.9. The monoisotopic (exact) mass is 494 g/mol. The lowest BCUT2D eigenvalue weighted by molar-refractivity contribution is 0.161. The maximum Gasteiger partial charge on any atom is 0.178 e. The van der Waals surface area contributed by atoms with Crippen LogP contribution in [0.15, 0.2) is 115 Å². The summed E-state index contributed by atoms with van der Waals surface area (Å²) in [6.45, 7) is 0. The van der Waals surface area contributed by atoms with Crippen LogP contribution in [-0.4, -0.2) is 14.2 Å². The zero-order chi connectivity index (χ0) is 25.7. The van der Waals surface area contributed by atoms with Crippen molar-refractivity contribution in [2.75, 3.05) is 14.2 Å². The van der Waals surface area contributed by atoms with Gasteiger partial charge in [-0.25, -0.2) is 0 Å². The lowest BCUT2D eigenvalue weighted by Crippen LogP contribution is -2.34. The van der Waals surface area contributed by atoms with E-state index >= 15 is 0 Å². The van der Waals surface area contributed by atoms with Crippen LogP contribution < -0.4 is 14.2 Å². The number of hydrogen-bond donors (Lipinski definition) is 0. The number of rotatable bonds is 4. The van der Waals surface area contributed by atoms with Gasteiger partial charge in [-0.05, 0) is 74.8 Å². The molecule has 1 heterocycles. The van der Waals surface area contributed by atoms with Crippen molar-refractivity contribution < 1.29 is 14.2 Å². The van der Waals surface area contributed by atoms with Crippen molar-refractivity contribution in [1.29, 1.82) is 0 Å². The van der Waals surface area contributed by atoms with E-state index in [0.717, 1.165) is 33.9 Å². The second-order valence-electron chi connectivity index (χ2n) is 9.65. The van der Waals surface area contributed by atoms with Gasteiger partial charge in [-0.2, -0.15) is 0 Å². The van der Waals surface area contributed by atoms with Crippen LogP contribution in [0.1, 0.15) is 16.7 Å². The van der Waals surface area contributed by atoms with E-state index in [1.54, 1.807) is 14.2 Å². The zero-order valence-corrected chi connectivity index (χ0v) is 21.3. The van der Waals surface area contributed by atoms with Gasteiger partial charge < -0.3 is 14.2 Å². The summed E-state index contributed by atoms with van der Waals surface area (Å²) in [5, 5.41) is 7.40. The average Bonchev–Trinajstić information content (AvgIpc) is 3.00. The van der Waals surface area contributed by atoms with Gasteiger partial charge >= 0.3 is 0 Å². The molecule has 0 fully saturated rings. The summed E-state index contributed by atoms with van der Waals surface area (Å²) in [5.74, 6) is 2.47. The summed E-state index contributed by atoms with van der Waals surface area (Å²) in [4.78, 5) is 0. The topological polar surface area (TPSA) is 27.7 Å². The Balaban J connectivity index is 1.48. The minimum Gasteiger partial charge on any atom is -0.497 e. The third-order valence-corrected chi connectivity index (χ3v) is 7.68. The highest BCUT2D eigenvalue weighted by molar-refractivity contribution is 6.25. The molecule has 184 valence electrons. The van der Waals surface area contributed by atoms with Crippen LogP contribution in [0.5, 0.6) is 17.2 Å². The molecule has 3 heteroatoms. The molecule has 0 unspecified atom stereocenters. The first kappa shape index (κ1) is 22.4. The third-order valence-electron chi connectivity index (χ3n) is 7.68. The lowest BCUT2D eigenvalue weighted by atomic mass is 9.83. The predicted octanol–water partition coefficient (Wildman–Crippen LogP) is 8.51. The van der Waals surface area contributed by atoms with Crippen LogP contribution >= 0.6 is 0 Å². The first-order valence-corrected chi connectivity index (χ1v) is 12.7. The Labute approximate surface area is 221 Å². The summed E-state index contributed by atoms with van der Waals surface area (Å²) in [6, 6.07) is 38.0. The van der Waals surface area contributed by atoms with Crippen LogP contribution in [0.2, 0.25) is 0 Å². The van der Waals surface area contributed by atoms with Crippen LogP contribution in [-0.2, 0) is 5.60 Å². The molecule has 0 N–H and O–H groups in total. The van der Waals surface area contributed by atoms with Gasteiger partial charge in [-0.15, -0.1) is 0 Å². The Kier molecular flexibility index (Phi) is 5.12. The number of fused-ring (bicyclic) bond motifs is 7. The van der Waals surface area contributed by atoms with Gasteiger partial charge in [0.05, 0.1) is 14.2 Å². The highest BCUT2D eigenvalue weighted by Crippen LogP contribution is 2.46. The fourth-order valence-electron chi connectivity index (χ4n) is 5.74. The molecule has 0 saturated heterocycles. The van der Waals surface area contributed by atoms with E-state index in [-0.39, 0.29) is 0 Å². The molecule has 0 aliphatic carbocycles. The molecule has 1 aliphatic rings. The molecular weight excluding hydrogens is 468 g/mol. The Morgan fingerprint density at radius 1 is 0.526 bits per heavy atom. The Morgan fingerprint density at radius 3 is 1.45 bits per heavy atom. The molecule has 0 amide bonds. The van der Waals surface area contributed by atoms with Crippen LogP contribution in [0.25, 0.3) is 38.4 Å². The summed E-state index contributed by atoms with van der Waals surface area (Å²) in [6.07, 6.45) is 4.35. The molecule has 0 bridgehead atoms. The van der Waals surface area contributed by atoms with E-state index in [1.165, 1.54) is 32.3 Å². The van der Waals surface area contributed by atoms with E-state index in [1.807, 2.05) is 24.3 Å². The van der Waals surface area contributed by atoms with Gasteiger partial charge in [0, 0.05) is 16.7 Å². The van der Waals surface area contributed by atoms with E-state index in [0.29, 0.717) is 0 Å². The maximum atomic E-state index is 7.04. The third kappa shape index (κ3) is 3.36. The molecule has 38 heavy (non-hydrogen) atoms. The second kappa shape index (κ2) is 8.67. The van der Waals surface area contributed by atoms with Crippen molar-refractivity contribution in [3.8, 4) is 17.2 Å². The Hall–Kier alpha value is -4.76. The lowest BCUT2D eigenvalue weighted by Gasteiger charge is -2.36. The minimum absolute atomic E-state index is 0.800. The van der Waals surface area contributed by atoms with E-state index in [9.17, 15) is 0 Å². The molecule has 1 aliphatic heterocycles. The molecular formula is C35H26O3. The fourth-order valence-corrected chi connectivity index (χ4v) is 5.74. The van der Waals surface area contributed by atoms with Crippen molar-refractivity contribution in [2.45, 2.75) is 5.60 Å². The van der Waals surface area contributed by atoms with E-state index < -0.39 is 5.60 Å². The van der Waals surface area contributed by atoms with Crippen LogP contribution in [0.3, 0.4) is 0 Å². The van der Waals surface area contributed by atoms with Crippen molar-refractivity contribution in [3.63, 3.8) is 0 Å². The summed E-state index contributed by atoms with van der Waals surface area (Å²) in [7, 11) is 3.36. The first-order valence-electron chi connectivity index (χ1n) is 12.7. The van der Waals surface area contributed by atoms with Crippen LogP contribution in [0, 0.1) is 0 Å². The smallest absolute Gasteiger partial charge is 0.178 e. The molecule has 6 aromatic carbocycles. The number of methoxy groups -OCH3 is 2. The first-order chi connectivity index (χ1) is 18.7. The van der Waals surface area contributed by atoms with Gasteiger partial charge in [0.2, 0.25) is 0 Å². The van der Waals surface area contributed by atoms with Gasteiger partial charge in [-0.3, -0.25) is 0 Å². The quantitative estimate of drug-likeness (QED) is 0.230. The van der Waals surface area contributed by atoms with Gasteiger partial charge in [0.15, 0.2) is 5.60 Å². The molecule has 0 aromatic heterocycles. The molecule has 0 spiro atoms. The molecule has 3 nitrogen and oxygen atoms in total. The number of ether oxygens (including phenoxy) is 3. The van der Waals surface area contributed by atoms with Gasteiger partial charge in [0.25, 0.3) is 0 Å². The molecule has 6 aromatic rings. The average molecular weight is 495 g/mol. The van der Waals surface area contributed by atoms with Gasteiger partial charge in [-0.1, -0.05) is 78.9 Å². The maximum absolute atomic E-state index is 7.04. The van der Waals surface area contributed by atoms with Crippen molar-refractivity contribution in [2.24, 2.45) is 0 Å². The predicted molar refractivity (Wildman–Crippen MR) is 155 cm³/mol. The zero-order valence-electron chi connectivity index (χ0n) is 21.3. The molecule has 0 atom stereocenters.